The van der Waals surface area contributed by atoms with Gasteiger partial charge in [0, 0.05) is 31.0 Å². The van der Waals surface area contributed by atoms with Gasteiger partial charge in [-0.1, -0.05) is 32.4 Å². The van der Waals surface area contributed by atoms with Gasteiger partial charge in [0.2, 0.25) is 0 Å². The molecule has 0 bridgehead atoms. The van der Waals surface area contributed by atoms with Crippen molar-refractivity contribution in [1.82, 2.24) is 5.32 Å². The van der Waals surface area contributed by atoms with Crippen LogP contribution in [0.4, 0.5) is 5.69 Å². The van der Waals surface area contributed by atoms with Crippen molar-refractivity contribution in [2.75, 3.05) is 31.6 Å². The van der Waals surface area contributed by atoms with Crippen molar-refractivity contribution >= 4 is 21.6 Å². The van der Waals surface area contributed by atoms with Crippen LogP contribution in [0.3, 0.4) is 0 Å². The Bertz CT molecular complexity index is 943. The van der Waals surface area contributed by atoms with Crippen LogP contribution in [0.1, 0.15) is 49.0 Å². The molecule has 170 valence electrons. The summed E-state index contributed by atoms with van der Waals surface area (Å²) in [5, 5.41) is 2.79. The molecule has 0 unspecified atom stereocenters. The molecule has 2 aromatic rings. The molecular formula is C23H32N2O5S. The van der Waals surface area contributed by atoms with Gasteiger partial charge in [0.15, 0.2) is 0 Å². The number of hydrogen-bond donors (Lipinski definition) is 2. The fraction of sp³-hybridized carbons (Fsp3) is 0.435. The van der Waals surface area contributed by atoms with Crippen LogP contribution in [0.25, 0.3) is 0 Å². The predicted octanol–water partition coefficient (Wildman–Crippen LogP) is 4.00. The number of nitrogens with one attached hydrogen (secondary N) is 2. The van der Waals surface area contributed by atoms with E-state index in [-0.39, 0.29) is 22.1 Å². The maximum absolute atomic E-state index is 13.0. The third kappa shape index (κ3) is 7.56. The van der Waals surface area contributed by atoms with Gasteiger partial charge in [-0.25, -0.2) is 8.42 Å². The monoisotopic (exact) mass is 448 g/mol. The maximum atomic E-state index is 13.0. The lowest BCUT2D eigenvalue weighted by molar-refractivity contribution is 0.0940. The van der Waals surface area contributed by atoms with Crippen LogP contribution < -0.4 is 14.8 Å². The Morgan fingerprint density at radius 3 is 2.35 bits per heavy atom. The first-order valence-electron chi connectivity index (χ1n) is 10.6. The Labute approximate surface area is 185 Å². The number of hydrogen-bond acceptors (Lipinski definition) is 5. The summed E-state index contributed by atoms with van der Waals surface area (Å²) in [6.07, 6.45) is 3.65. The van der Waals surface area contributed by atoms with E-state index in [4.69, 9.17) is 9.47 Å². The Morgan fingerprint density at radius 1 is 1.00 bits per heavy atom. The Morgan fingerprint density at radius 2 is 1.71 bits per heavy atom. The van der Waals surface area contributed by atoms with Crippen molar-refractivity contribution in [2.45, 2.75) is 44.4 Å². The lowest BCUT2D eigenvalue weighted by Gasteiger charge is -2.13. The number of sulfonamides is 1. The zero-order valence-corrected chi connectivity index (χ0v) is 19.3. The predicted molar refractivity (Wildman–Crippen MR) is 122 cm³/mol. The largest absolute Gasteiger partial charge is 0.495 e. The number of benzene rings is 2. The zero-order chi connectivity index (χ0) is 22.7. The number of methoxy groups -OCH3 is 1. The van der Waals surface area contributed by atoms with E-state index in [1.54, 1.807) is 18.2 Å². The van der Waals surface area contributed by atoms with Gasteiger partial charge in [0.25, 0.3) is 15.9 Å². The number of rotatable bonds is 13. The molecule has 31 heavy (non-hydrogen) atoms. The van der Waals surface area contributed by atoms with E-state index in [9.17, 15) is 13.2 Å². The highest BCUT2D eigenvalue weighted by Crippen LogP contribution is 2.27. The van der Waals surface area contributed by atoms with Gasteiger partial charge in [-0.15, -0.1) is 0 Å². The number of anilines is 1. The van der Waals surface area contributed by atoms with Crippen molar-refractivity contribution < 1.29 is 22.7 Å². The lowest BCUT2D eigenvalue weighted by Crippen LogP contribution is -2.26. The highest BCUT2D eigenvalue weighted by atomic mass is 32.2. The molecule has 7 nitrogen and oxygen atoms in total. The SMILES string of the molecule is CCCCOCCCNC(=O)c1ccc(OC)c(S(=O)(=O)Nc2ccc(CC)cc2)c1. The molecule has 1 amide bonds. The molecule has 0 spiro atoms. The highest BCUT2D eigenvalue weighted by molar-refractivity contribution is 7.92. The second-order valence-corrected chi connectivity index (χ2v) is 8.75. The van der Waals surface area contributed by atoms with E-state index < -0.39 is 10.0 Å². The summed E-state index contributed by atoms with van der Waals surface area (Å²) in [4.78, 5) is 12.4. The van der Waals surface area contributed by atoms with Gasteiger partial charge in [0.1, 0.15) is 10.6 Å². The molecule has 0 aliphatic rings. The average molecular weight is 449 g/mol. The fourth-order valence-electron chi connectivity index (χ4n) is 2.87. The minimum Gasteiger partial charge on any atom is -0.495 e. The quantitative estimate of drug-likeness (QED) is 0.452. The molecule has 0 saturated carbocycles. The summed E-state index contributed by atoms with van der Waals surface area (Å²) in [5.41, 5.74) is 1.79. The van der Waals surface area contributed by atoms with Crippen molar-refractivity contribution in [1.29, 1.82) is 0 Å². The summed E-state index contributed by atoms with van der Waals surface area (Å²) in [7, 11) is -2.55. The molecular weight excluding hydrogens is 416 g/mol. The van der Waals surface area contributed by atoms with Crippen molar-refractivity contribution in [3.63, 3.8) is 0 Å². The smallest absolute Gasteiger partial charge is 0.265 e. The second kappa shape index (κ2) is 12.3. The Hall–Kier alpha value is -2.58. The van der Waals surface area contributed by atoms with E-state index >= 15 is 0 Å². The third-order valence-corrected chi connectivity index (χ3v) is 6.13. The molecule has 0 aliphatic carbocycles. The Kier molecular flexibility index (Phi) is 9.81. The first-order valence-corrected chi connectivity index (χ1v) is 12.0. The first kappa shape index (κ1) is 24.7. The normalized spacial score (nSPS) is 11.2. The second-order valence-electron chi connectivity index (χ2n) is 7.10. The molecule has 2 rings (SSSR count). The van der Waals surface area contributed by atoms with E-state index in [0.717, 1.165) is 31.4 Å². The lowest BCUT2D eigenvalue weighted by atomic mass is 10.2. The van der Waals surface area contributed by atoms with Crippen molar-refractivity contribution in [3.8, 4) is 5.75 Å². The molecule has 2 N–H and O–H groups in total. The standard InChI is InChI=1S/C23H32N2O5S/c1-4-6-15-30-16-7-14-24-23(26)19-10-13-21(29-3)22(17-19)31(27,28)25-20-11-8-18(5-2)9-12-20/h8-13,17,25H,4-7,14-16H2,1-3H3,(H,24,26). The minimum atomic E-state index is -3.94. The summed E-state index contributed by atoms with van der Waals surface area (Å²) >= 11 is 0. The van der Waals surface area contributed by atoms with Crippen molar-refractivity contribution in [2.24, 2.45) is 0 Å². The average Bonchev–Trinajstić information content (AvgIpc) is 2.78. The molecule has 0 aromatic heterocycles. The van der Waals surface area contributed by atoms with Crippen LogP contribution in [-0.2, 0) is 21.2 Å². The van der Waals surface area contributed by atoms with Crippen LogP contribution in [-0.4, -0.2) is 41.2 Å². The van der Waals surface area contributed by atoms with Gasteiger partial charge in [-0.3, -0.25) is 9.52 Å². The van der Waals surface area contributed by atoms with Crippen molar-refractivity contribution in [3.05, 3.63) is 53.6 Å². The van der Waals surface area contributed by atoms with E-state index in [1.165, 1.54) is 19.2 Å². The maximum Gasteiger partial charge on any atom is 0.265 e. The van der Waals surface area contributed by atoms with E-state index in [1.807, 2.05) is 19.1 Å². The molecule has 8 heteroatoms. The summed E-state index contributed by atoms with van der Waals surface area (Å²) in [5.74, 6) is -0.182. The van der Waals surface area contributed by atoms with Gasteiger partial charge >= 0.3 is 0 Å². The van der Waals surface area contributed by atoms with Gasteiger partial charge in [-0.05, 0) is 55.2 Å². The van der Waals surface area contributed by atoms with Crippen LogP contribution in [0.2, 0.25) is 0 Å². The van der Waals surface area contributed by atoms with Gasteiger partial charge in [-0.2, -0.15) is 0 Å². The molecule has 0 fully saturated rings. The number of unbranched alkanes of at least 4 members (excludes halogenated alkanes) is 1. The summed E-state index contributed by atoms with van der Waals surface area (Å²) in [6.45, 7) is 5.87. The molecule has 0 saturated heterocycles. The molecule has 0 heterocycles. The molecule has 0 aliphatic heterocycles. The van der Waals surface area contributed by atoms with Crippen LogP contribution in [0, 0.1) is 0 Å². The molecule has 2 aromatic carbocycles. The topological polar surface area (TPSA) is 93.7 Å². The molecule has 0 radical (unpaired) electrons. The first-order chi connectivity index (χ1) is 14.9. The fourth-order valence-corrected chi connectivity index (χ4v) is 4.13. The van der Waals surface area contributed by atoms with Gasteiger partial charge in [0.05, 0.1) is 7.11 Å². The van der Waals surface area contributed by atoms with E-state index in [0.29, 0.717) is 25.3 Å². The number of carbonyl (C=O) groups is 1. The van der Waals surface area contributed by atoms with Crippen LogP contribution in [0.15, 0.2) is 47.4 Å². The number of aryl methyl sites for hydroxylation is 1. The number of amides is 1. The summed E-state index contributed by atoms with van der Waals surface area (Å²) < 4.78 is 39.2. The molecule has 0 atom stereocenters. The zero-order valence-electron chi connectivity index (χ0n) is 18.4. The Balaban J connectivity index is 2.07. The number of ether oxygens (including phenoxy) is 2. The van der Waals surface area contributed by atoms with Crippen LogP contribution in [0.5, 0.6) is 5.75 Å². The minimum absolute atomic E-state index is 0.0925. The number of carbonyl (C=O) groups excluding carboxylic acids is 1. The van der Waals surface area contributed by atoms with E-state index in [2.05, 4.69) is 17.0 Å². The highest BCUT2D eigenvalue weighted by Gasteiger charge is 2.22. The van der Waals surface area contributed by atoms with Gasteiger partial charge < -0.3 is 14.8 Å². The van der Waals surface area contributed by atoms with Crippen LogP contribution >= 0.6 is 0 Å². The summed E-state index contributed by atoms with van der Waals surface area (Å²) in [6, 6.07) is 11.5. The third-order valence-electron chi connectivity index (χ3n) is 4.72.